The third kappa shape index (κ3) is 3.79. The van der Waals surface area contributed by atoms with E-state index in [1.54, 1.807) is 24.3 Å². The van der Waals surface area contributed by atoms with Crippen molar-refractivity contribution in [3.05, 3.63) is 52.0 Å². The number of carbonyl (C=O) groups is 2. The molecule has 1 unspecified atom stereocenters. The summed E-state index contributed by atoms with van der Waals surface area (Å²) in [6.07, 6.45) is 0. The second-order valence-corrected chi connectivity index (χ2v) is 6.12. The predicted molar refractivity (Wildman–Crippen MR) is 93.3 cm³/mol. The number of amides is 2. The highest BCUT2D eigenvalue weighted by Crippen LogP contribution is 2.37. The van der Waals surface area contributed by atoms with Crippen molar-refractivity contribution in [1.82, 2.24) is 5.32 Å². The molecule has 2 aromatic carbocycles. The summed E-state index contributed by atoms with van der Waals surface area (Å²) >= 11 is 12.1. The number of nitrogens with one attached hydrogen (secondary N) is 3. The van der Waals surface area contributed by atoms with Gasteiger partial charge in [-0.15, -0.1) is 0 Å². The Labute approximate surface area is 152 Å². The van der Waals surface area contributed by atoms with Crippen LogP contribution in [0, 0.1) is 0 Å². The van der Waals surface area contributed by atoms with Crippen molar-refractivity contribution in [2.24, 2.45) is 0 Å². The van der Waals surface area contributed by atoms with Crippen LogP contribution in [0.2, 0.25) is 10.0 Å². The molecule has 0 fully saturated rings. The third-order valence-electron chi connectivity index (χ3n) is 3.54. The lowest BCUT2D eigenvalue weighted by atomic mass is 10.0. The number of anilines is 2. The Bertz CT molecular complexity index is 827. The molecule has 0 saturated heterocycles. The first-order valence-electron chi connectivity index (χ1n) is 7.20. The number of hydrogen-bond acceptors (Lipinski definition) is 5. The third-order valence-corrected chi connectivity index (χ3v) is 4.04. The van der Waals surface area contributed by atoms with E-state index >= 15 is 0 Å². The highest BCUT2D eigenvalue weighted by Gasteiger charge is 2.31. The van der Waals surface area contributed by atoms with Gasteiger partial charge >= 0.3 is 0 Å². The minimum Gasteiger partial charge on any atom is -0.482 e. The predicted octanol–water partition coefficient (Wildman–Crippen LogP) is 2.98. The van der Waals surface area contributed by atoms with Crippen molar-refractivity contribution in [2.45, 2.75) is 6.04 Å². The maximum Gasteiger partial charge on any atom is 0.258 e. The molecule has 25 heavy (non-hydrogen) atoms. The number of carbonyl (C=O) groups excluding carboxylic acids is 2. The SMILES string of the molecule is O=C1COc2c(Cl)cc(Cl)cc2C(C(=O)Nc2ccc(NO)cc2)N1. The zero-order valence-electron chi connectivity index (χ0n) is 12.7. The Kier molecular flexibility index (Phi) is 4.98. The standard InChI is InChI=1S/C16H13Cl2N3O4/c17-8-5-11-14(20-13(22)7-25-15(11)12(18)6-8)16(23)19-9-1-3-10(21-24)4-2-9/h1-6,14,21,24H,7H2,(H,19,23)(H,20,22). The Hall–Kier alpha value is -2.48. The van der Waals surface area contributed by atoms with E-state index in [0.29, 0.717) is 22.0 Å². The Morgan fingerprint density at radius 3 is 2.56 bits per heavy atom. The summed E-state index contributed by atoms with van der Waals surface area (Å²) < 4.78 is 5.39. The van der Waals surface area contributed by atoms with Crippen molar-refractivity contribution >= 4 is 46.4 Å². The lowest BCUT2D eigenvalue weighted by molar-refractivity contribution is -0.127. The minimum absolute atomic E-state index is 0.218. The van der Waals surface area contributed by atoms with E-state index in [1.165, 1.54) is 12.1 Å². The lowest BCUT2D eigenvalue weighted by Gasteiger charge is -2.18. The fourth-order valence-corrected chi connectivity index (χ4v) is 2.98. The summed E-state index contributed by atoms with van der Waals surface area (Å²) in [5, 5.41) is 14.6. The summed E-state index contributed by atoms with van der Waals surface area (Å²) in [5.74, 6) is -0.698. The van der Waals surface area contributed by atoms with Gasteiger partial charge in [-0.05, 0) is 36.4 Å². The van der Waals surface area contributed by atoms with Gasteiger partial charge in [-0.25, -0.2) is 0 Å². The van der Waals surface area contributed by atoms with Crippen LogP contribution < -0.4 is 20.9 Å². The van der Waals surface area contributed by atoms with Gasteiger partial charge in [0.2, 0.25) is 0 Å². The van der Waals surface area contributed by atoms with Crippen LogP contribution in [0.4, 0.5) is 11.4 Å². The number of fused-ring (bicyclic) bond motifs is 1. The monoisotopic (exact) mass is 381 g/mol. The average Bonchev–Trinajstić information content (AvgIpc) is 2.75. The molecule has 130 valence electrons. The largest absolute Gasteiger partial charge is 0.482 e. The van der Waals surface area contributed by atoms with Crippen molar-refractivity contribution < 1.29 is 19.5 Å². The second kappa shape index (κ2) is 7.18. The van der Waals surface area contributed by atoms with Crippen molar-refractivity contribution in [2.75, 3.05) is 17.4 Å². The van der Waals surface area contributed by atoms with Gasteiger partial charge in [-0.1, -0.05) is 23.2 Å². The number of halogens is 2. The molecule has 0 bridgehead atoms. The molecular formula is C16H13Cl2N3O4. The van der Waals surface area contributed by atoms with E-state index in [-0.39, 0.29) is 17.4 Å². The molecule has 0 spiro atoms. The molecule has 0 aromatic heterocycles. The summed E-state index contributed by atoms with van der Waals surface area (Å²) in [5.41, 5.74) is 3.32. The van der Waals surface area contributed by atoms with E-state index in [2.05, 4.69) is 10.6 Å². The molecule has 1 heterocycles. The first kappa shape index (κ1) is 17.3. The Morgan fingerprint density at radius 2 is 1.88 bits per heavy atom. The average molecular weight is 382 g/mol. The van der Waals surface area contributed by atoms with E-state index in [4.69, 9.17) is 33.1 Å². The molecule has 1 aliphatic heterocycles. The van der Waals surface area contributed by atoms with Crippen molar-refractivity contribution in [3.8, 4) is 5.75 Å². The highest BCUT2D eigenvalue weighted by molar-refractivity contribution is 6.35. The topological polar surface area (TPSA) is 99.7 Å². The van der Waals surface area contributed by atoms with Crippen LogP contribution in [-0.2, 0) is 9.59 Å². The number of benzene rings is 2. The number of rotatable bonds is 3. The minimum atomic E-state index is -1.02. The van der Waals surface area contributed by atoms with Crippen LogP contribution in [0.25, 0.3) is 0 Å². The smallest absolute Gasteiger partial charge is 0.258 e. The molecule has 1 atom stereocenters. The van der Waals surface area contributed by atoms with Crippen LogP contribution >= 0.6 is 23.2 Å². The van der Waals surface area contributed by atoms with Gasteiger partial charge in [0.05, 0.1) is 10.7 Å². The molecule has 2 amide bonds. The molecule has 3 rings (SSSR count). The van der Waals surface area contributed by atoms with Crippen molar-refractivity contribution in [3.63, 3.8) is 0 Å². The molecule has 1 aliphatic rings. The van der Waals surface area contributed by atoms with Gasteiger partial charge in [0.1, 0.15) is 11.8 Å². The summed E-state index contributed by atoms with van der Waals surface area (Å²) in [6.45, 7) is -0.255. The summed E-state index contributed by atoms with van der Waals surface area (Å²) in [7, 11) is 0. The molecule has 9 heteroatoms. The van der Waals surface area contributed by atoms with E-state index in [0.717, 1.165) is 0 Å². The molecule has 0 radical (unpaired) electrons. The van der Waals surface area contributed by atoms with Crippen LogP contribution in [0.15, 0.2) is 36.4 Å². The number of ether oxygens (including phenoxy) is 1. The van der Waals surface area contributed by atoms with Gasteiger partial charge in [0, 0.05) is 16.3 Å². The van der Waals surface area contributed by atoms with Crippen LogP contribution in [0.5, 0.6) is 5.75 Å². The molecule has 0 aliphatic carbocycles. The van der Waals surface area contributed by atoms with Gasteiger partial charge < -0.3 is 15.4 Å². The fraction of sp³-hybridized carbons (Fsp3) is 0.125. The van der Waals surface area contributed by atoms with Crippen molar-refractivity contribution in [1.29, 1.82) is 0 Å². The fourth-order valence-electron chi connectivity index (χ4n) is 2.41. The van der Waals surface area contributed by atoms with Crippen LogP contribution in [0.3, 0.4) is 0 Å². The molecule has 4 N–H and O–H groups in total. The zero-order valence-corrected chi connectivity index (χ0v) is 14.2. The van der Waals surface area contributed by atoms with Crippen LogP contribution in [0.1, 0.15) is 11.6 Å². The van der Waals surface area contributed by atoms with E-state index < -0.39 is 17.9 Å². The van der Waals surface area contributed by atoms with E-state index in [1.807, 2.05) is 5.48 Å². The van der Waals surface area contributed by atoms with Gasteiger partial charge in [-0.2, -0.15) is 0 Å². The molecule has 0 saturated carbocycles. The second-order valence-electron chi connectivity index (χ2n) is 5.27. The first-order chi connectivity index (χ1) is 12.0. The molecule has 7 nitrogen and oxygen atoms in total. The molecule has 2 aromatic rings. The first-order valence-corrected chi connectivity index (χ1v) is 7.95. The molecular weight excluding hydrogens is 369 g/mol. The zero-order chi connectivity index (χ0) is 18.0. The van der Waals surface area contributed by atoms with Crippen LogP contribution in [-0.4, -0.2) is 23.6 Å². The van der Waals surface area contributed by atoms with Gasteiger partial charge in [-0.3, -0.25) is 20.3 Å². The normalized spacial score (nSPS) is 16.1. The lowest BCUT2D eigenvalue weighted by Crippen LogP contribution is -2.37. The summed E-state index contributed by atoms with van der Waals surface area (Å²) in [6, 6.07) is 8.33. The number of hydrogen-bond donors (Lipinski definition) is 4. The maximum atomic E-state index is 12.7. The highest BCUT2D eigenvalue weighted by atomic mass is 35.5. The van der Waals surface area contributed by atoms with Gasteiger partial charge in [0.15, 0.2) is 6.61 Å². The summed E-state index contributed by atoms with van der Waals surface area (Å²) in [4.78, 5) is 24.5. The quantitative estimate of drug-likeness (QED) is 0.612. The van der Waals surface area contributed by atoms with Gasteiger partial charge in [0.25, 0.3) is 11.8 Å². The van der Waals surface area contributed by atoms with E-state index in [9.17, 15) is 9.59 Å². The maximum absolute atomic E-state index is 12.7. The Morgan fingerprint density at radius 1 is 1.20 bits per heavy atom. The Balaban J connectivity index is 1.91.